The van der Waals surface area contributed by atoms with E-state index in [0.717, 1.165) is 4.57 Å². The second-order valence-corrected chi connectivity index (χ2v) is 11.3. The van der Waals surface area contributed by atoms with E-state index in [-0.39, 0.29) is 71.3 Å². The summed E-state index contributed by atoms with van der Waals surface area (Å²) in [5.74, 6) is -3.06. The minimum atomic E-state index is -1.05. The number of aromatic hydroxyl groups is 1. The maximum absolute atomic E-state index is 17.1. The van der Waals surface area contributed by atoms with Crippen LogP contribution in [0.2, 0.25) is 0 Å². The van der Waals surface area contributed by atoms with Gasteiger partial charge in [-0.15, -0.1) is 0 Å². The number of aryl methyl sites for hydroxylation is 1. The maximum Gasteiger partial charge on any atom is 0.354 e. The Balaban J connectivity index is 1.76. The molecule has 2 aromatic carbocycles. The van der Waals surface area contributed by atoms with E-state index in [1.807, 2.05) is 25.7 Å². The number of anilines is 1. The zero-order valence-corrected chi connectivity index (χ0v) is 24.3. The molecule has 1 amide bonds. The number of aromatic nitrogens is 3. The smallest absolute Gasteiger partial charge is 0.354 e. The first-order valence-electron chi connectivity index (χ1n) is 14.1. The number of para-hydroxylation sites is 1. The van der Waals surface area contributed by atoms with Crippen molar-refractivity contribution in [3.8, 4) is 28.3 Å². The molecule has 2 aliphatic rings. The molecule has 0 saturated carbocycles. The molecule has 11 heteroatoms. The number of benzene rings is 2. The van der Waals surface area contributed by atoms with Gasteiger partial charge < -0.3 is 19.6 Å². The molecule has 2 atom stereocenters. The van der Waals surface area contributed by atoms with Gasteiger partial charge in [-0.2, -0.15) is 4.98 Å². The number of phenolic OH excluding ortho intramolecular Hbond substituents is 1. The van der Waals surface area contributed by atoms with Gasteiger partial charge in [-0.3, -0.25) is 14.3 Å². The topological polar surface area (TPSA) is 101 Å². The van der Waals surface area contributed by atoms with E-state index in [4.69, 9.17) is 4.74 Å². The summed E-state index contributed by atoms with van der Waals surface area (Å²) in [6, 6.07) is 6.64. The number of nitrogens with zero attached hydrogens (tertiary/aromatic N) is 5. The second kappa shape index (κ2) is 10.5. The molecule has 0 spiro atoms. The lowest BCUT2D eigenvalue weighted by Crippen LogP contribution is -2.61. The molecule has 4 heterocycles. The third kappa shape index (κ3) is 4.33. The lowest BCUT2D eigenvalue weighted by Gasteiger charge is -2.45. The van der Waals surface area contributed by atoms with Gasteiger partial charge >= 0.3 is 5.69 Å². The highest BCUT2D eigenvalue weighted by Gasteiger charge is 2.41. The zero-order chi connectivity index (χ0) is 30.7. The number of fused-ring (bicyclic) bond motifs is 2. The van der Waals surface area contributed by atoms with Crippen molar-refractivity contribution in [3.05, 3.63) is 82.6 Å². The first kappa shape index (κ1) is 28.3. The van der Waals surface area contributed by atoms with E-state index in [0.29, 0.717) is 16.9 Å². The Morgan fingerprint density at radius 2 is 1.93 bits per heavy atom. The molecular formula is C32H31F2N5O4. The van der Waals surface area contributed by atoms with Gasteiger partial charge in [-0.05, 0) is 43.5 Å². The van der Waals surface area contributed by atoms with Gasteiger partial charge in [0.25, 0.3) is 0 Å². The third-order valence-electron chi connectivity index (χ3n) is 8.18. The first-order valence-corrected chi connectivity index (χ1v) is 14.1. The van der Waals surface area contributed by atoms with E-state index in [1.54, 1.807) is 36.2 Å². The Morgan fingerprint density at radius 1 is 1.19 bits per heavy atom. The summed E-state index contributed by atoms with van der Waals surface area (Å²) in [6.07, 6.45) is 2.84. The number of hydrogen-bond acceptors (Lipinski definition) is 7. The number of carbonyl (C=O) groups is 1. The Hall–Kier alpha value is -4.80. The highest BCUT2D eigenvalue weighted by Crippen LogP contribution is 2.47. The molecule has 0 bridgehead atoms. The summed E-state index contributed by atoms with van der Waals surface area (Å²) in [5, 5.41) is 10.7. The van der Waals surface area contributed by atoms with Gasteiger partial charge in [0, 0.05) is 30.9 Å². The fraction of sp³-hybridized carbons (Fsp3) is 0.312. The van der Waals surface area contributed by atoms with E-state index < -0.39 is 28.9 Å². The number of amides is 1. The number of ether oxygens (including phenoxy) is 1. The molecule has 222 valence electrons. The van der Waals surface area contributed by atoms with Crippen LogP contribution in [0.3, 0.4) is 0 Å². The minimum absolute atomic E-state index is 0.00965. The van der Waals surface area contributed by atoms with Gasteiger partial charge in [0.15, 0.2) is 17.4 Å². The van der Waals surface area contributed by atoms with Crippen molar-refractivity contribution >= 4 is 22.6 Å². The van der Waals surface area contributed by atoms with Crippen LogP contribution in [0.5, 0.6) is 11.5 Å². The molecule has 1 N–H and O–H groups in total. The standard InChI is InChI=1S/C32H31F2N5O4/c1-6-22(41)37-13-18(5)38-19(14-37)15-43-30-24-29(25(33)23(26(30)34)20-9-7-8-10-21(20)40)39(32(42)36-31(24)38)28-17(4)11-12-35-27(28)16(2)3/h6-12,16,18-19,40H,1,13-15H2,2-5H3. The molecule has 2 unspecified atom stereocenters. The number of hydrogen-bond donors (Lipinski definition) is 1. The largest absolute Gasteiger partial charge is 0.507 e. The SMILES string of the molecule is C=CC(=O)N1CC(C)N2c3nc(=O)n(-c4c(C)ccnc4C(C)C)c4c(F)c(-c5ccccc5O)c(F)c(c34)OCC2C1. The van der Waals surface area contributed by atoms with Crippen LogP contribution >= 0.6 is 0 Å². The number of pyridine rings is 1. The van der Waals surface area contributed by atoms with Crippen LogP contribution in [0.4, 0.5) is 14.6 Å². The van der Waals surface area contributed by atoms with Crippen molar-refractivity contribution in [2.24, 2.45) is 0 Å². The molecule has 9 nitrogen and oxygen atoms in total. The zero-order valence-electron chi connectivity index (χ0n) is 24.3. The van der Waals surface area contributed by atoms with Crippen LogP contribution in [0.1, 0.15) is 37.9 Å². The highest BCUT2D eigenvalue weighted by molar-refractivity contribution is 6.01. The number of piperazine rings is 1. The third-order valence-corrected chi connectivity index (χ3v) is 8.18. The predicted octanol–water partition coefficient (Wildman–Crippen LogP) is 4.85. The van der Waals surface area contributed by atoms with E-state index >= 15 is 8.78 Å². The molecule has 1 saturated heterocycles. The molecule has 2 aliphatic heterocycles. The van der Waals surface area contributed by atoms with Gasteiger partial charge in [0.2, 0.25) is 5.91 Å². The Kier molecular flexibility index (Phi) is 6.90. The van der Waals surface area contributed by atoms with Gasteiger partial charge in [-0.25, -0.2) is 13.6 Å². The van der Waals surface area contributed by atoms with Crippen LogP contribution < -0.4 is 15.3 Å². The van der Waals surface area contributed by atoms with Crippen molar-refractivity contribution in [2.45, 2.75) is 45.7 Å². The predicted molar refractivity (Wildman–Crippen MR) is 159 cm³/mol. The van der Waals surface area contributed by atoms with Crippen molar-refractivity contribution in [1.29, 1.82) is 0 Å². The fourth-order valence-corrected chi connectivity index (χ4v) is 6.29. The first-order chi connectivity index (χ1) is 20.5. The van der Waals surface area contributed by atoms with Crippen LogP contribution in [0, 0.1) is 18.6 Å². The monoisotopic (exact) mass is 587 g/mol. The molecule has 6 rings (SSSR count). The van der Waals surface area contributed by atoms with Crippen molar-refractivity contribution in [2.75, 3.05) is 24.6 Å². The van der Waals surface area contributed by atoms with E-state index in [1.165, 1.54) is 18.2 Å². The minimum Gasteiger partial charge on any atom is -0.507 e. The summed E-state index contributed by atoms with van der Waals surface area (Å²) in [5.41, 5.74) is -0.124. The number of carbonyl (C=O) groups excluding carboxylic acids is 1. The van der Waals surface area contributed by atoms with Crippen LogP contribution in [-0.4, -0.2) is 62.2 Å². The van der Waals surface area contributed by atoms with Gasteiger partial charge in [0.1, 0.15) is 23.7 Å². The highest BCUT2D eigenvalue weighted by atomic mass is 19.1. The Morgan fingerprint density at radius 3 is 2.63 bits per heavy atom. The molecule has 43 heavy (non-hydrogen) atoms. The van der Waals surface area contributed by atoms with Crippen LogP contribution in [-0.2, 0) is 4.79 Å². The van der Waals surface area contributed by atoms with Crippen LogP contribution in [0.15, 0.2) is 54.0 Å². The number of phenols is 1. The quantitative estimate of drug-likeness (QED) is 0.341. The van der Waals surface area contributed by atoms with Crippen molar-refractivity contribution < 1.29 is 23.4 Å². The maximum atomic E-state index is 17.1. The van der Waals surface area contributed by atoms with Crippen molar-refractivity contribution in [1.82, 2.24) is 19.4 Å². The molecule has 0 aliphatic carbocycles. The van der Waals surface area contributed by atoms with E-state index in [9.17, 15) is 14.7 Å². The summed E-state index contributed by atoms with van der Waals surface area (Å²) >= 11 is 0. The molecule has 4 aromatic rings. The summed E-state index contributed by atoms with van der Waals surface area (Å²) in [7, 11) is 0. The summed E-state index contributed by atoms with van der Waals surface area (Å²) in [6.45, 7) is 11.4. The lowest BCUT2D eigenvalue weighted by molar-refractivity contribution is -0.127. The molecule has 0 radical (unpaired) electrons. The number of rotatable bonds is 4. The normalized spacial score (nSPS) is 17.9. The Bertz CT molecular complexity index is 1870. The van der Waals surface area contributed by atoms with Crippen molar-refractivity contribution in [3.63, 3.8) is 0 Å². The summed E-state index contributed by atoms with van der Waals surface area (Å²) in [4.78, 5) is 39.0. The fourth-order valence-electron chi connectivity index (χ4n) is 6.29. The lowest BCUT2D eigenvalue weighted by atomic mass is 9.98. The van der Waals surface area contributed by atoms with Crippen LogP contribution in [0.25, 0.3) is 27.7 Å². The average molecular weight is 588 g/mol. The summed E-state index contributed by atoms with van der Waals surface area (Å²) < 4.78 is 40.9. The molecular weight excluding hydrogens is 556 g/mol. The number of halogens is 2. The van der Waals surface area contributed by atoms with Gasteiger partial charge in [-0.1, -0.05) is 38.6 Å². The Labute approximate surface area is 246 Å². The molecule has 1 fully saturated rings. The van der Waals surface area contributed by atoms with E-state index in [2.05, 4.69) is 16.5 Å². The van der Waals surface area contributed by atoms with Gasteiger partial charge in [0.05, 0.1) is 28.4 Å². The average Bonchev–Trinajstić information content (AvgIpc) is 3.13. The molecule has 2 aromatic heterocycles. The second-order valence-electron chi connectivity index (χ2n) is 11.3.